The molecule has 10 heteroatoms. The van der Waals surface area contributed by atoms with E-state index in [2.05, 4.69) is 12.1 Å². The molecule has 0 amide bonds. The Kier molecular flexibility index (Phi) is 8.77. The van der Waals surface area contributed by atoms with Crippen molar-refractivity contribution in [1.82, 2.24) is 0 Å². The summed E-state index contributed by atoms with van der Waals surface area (Å²) in [5.74, 6) is 0.539. The first-order chi connectivity index (χ1) is 23.3. The maximum absolute atomic E-state index is 13.4. The van der Waals surface area contributed by atoms with Crippen LogP contribution >= 0.6 is 0 Å². The van der Waals surface area contributed by atoms with Gasteiger partial charge >= 0.3 is 0 Å². The van der Waals surface area contributed by atoms with Gasteiger partial charge in [0.15, 0.2) is 11.6 Å². The van der Waals surface area contributed by atoms with E-state index < -0.39 is 11.8 Å². The Morgan fingerprint density at radius 2 is 1.08 bits per heavy atom. The van der Waals surface area contributed by atoms with Gasteiger partial charge in [0.2, 0.25) is 11.8 Å². The molecule has 6 rings (SSSR count). The van der Waals surface area contributed by atoms with Crippen LogP contribution in [0.15, 0.2) is 94.1 Å². The third-order valence-electron chi connectivity index (χ3n) is 9.41. The van der Waals surface area contributed by atoms with Crippen LogP contribution in [-0.2, 0) is 19.1 Å². The standard InChI is InChI=1S/C39H40N4O6/c1-38(2)16-26(44)34-30(18-38)48-36(42)24(20-40)32(34)22-10-5-7-12-28(22)46-14-9-15-47-29-13-8-6-11-23(29)33-25(21-41)37(43)49-31-19-39(3,4)17-27(45)35(31)33/h5-8,10-13,32-33H,9,14-19,42-43H2,1-4H3. The molecule has 10 nitrogen and oxygen atoms in total. The molecule has 2 atom stereocenters. The van der Waals surface area contributed by atoms with E-state index in [1.807, 2.05) is 76.2 Å². The van der Waals surface area contributed by atoms with Crippen molar-refractivity contribution in [2.45, 2.75) is 71.6 Å². The number of ketones is 2. The van der Waals surface area contributed by atoms with E-state index in [0.717, 1.165) is 0 Å². The van der Waals surface area contributed by atoms with E-state index in [4.69, 9.17) is 30.4 Å². The van der Waals surface area contributed by atoms with E-state index in [1.54, 1.807) is 0 Å². The number of benzene rings is 2. The molecule has 4 N–H and O–H groups in total. The number of nitriles is 2. The topological polar surface area (TPSA) is 171 Å². The molecule has 0 fully saturated rings. The molecule has 0 saturated heterocycles. The molecule has 0 radical (unpaired) electrons. The molecule has 0 saturated carbocycles. The molecule has 2 aliphatic heterocycles. The van der Waals surface area contributed by atoms with Crippen molar-refractivity contribution in [2.75, 3.05) is 13.2 Å². The number of hydrogen-bond donors (Lipinski definition) is 2. The van der Waals surface area contributed by atoms with Crippen LogP contribution in [0, 0.1) is 33.5 Å². The van der Waals surface area contributed by atoms with Gasteiger partial charge in [-0.25, -0.2) is 0 Å². The van der Waals surface area contributed by atoms with Gasteiger partial charge in [0.05, 0.1) is 25.0 Å². The second kappa shape index (κ2) is 12.9. The molecule has 2 unspecified atom stereocenters. The largest absolute Gasteiger partial charge is 0.493 e. The summed E-state index contributed by atoms with van der Waals surface area (Å²) in [7, 11) is 0. The Balaban J connectivity index is 1.20. The molecule has 0 aromatic heterocycles. The van der Waals surface area contributed by atoms with Crippen molar-refractivity contribution in [1.29, 1.82) is 10.5 Å². The predicted octanol–water partition coefficient (Wildman–Crippen LogP) is 6.44. The molecular weight excluding hydrogens is 620 g/mol. The summed E-state index contributed by atoms with van der Waals surface area (Å²) in [6, 6.07) is 19.0. The third-order valence-corrected chi connectivity index (χ3v) is 9.41. The lowest BCUT2D eigenvalue weighted by atomic mass is 9.70. The molecular formula is C39H40N4O6. The van der Waals surface area contributed by atoms with Gasteiger partial charge in [-0.1, -0.05) is 64.1 Å². The van der Waals surface area contributed by atoms with Crippen LogP contribution in [0.4, 0.5) is 0 Å². The Morgan fingerprint density at radius 1 is 0.694 bits per heavy atom. The summed E-state index contributed by atoms with van der Waals surface area (Å²) in [5, 5.41) is 20.1. The highest BCUT2D eigenvalue weighted by molar-refractivity contribution is 6.01. The molecule has 4 aliphatic rings. The lowest BCUT2D eigenvalue weighted by molar-refractivity contribution is -0.119. The van der Waals surface area contributed by atoms with E-state index in [0.29, 0.717) is 77.4 Å². The van der Waals surface area contributed by atoms with Crippen LogP contribution in [0.1, 0.15) is 82.8 Å². The minimum Gasteiger partial charge on any atom is -0.493 e. The van der Waals surface area contributed by atoms with Gasteiger partial charge < -0.3 is 30.4 Å². The fraction of sp³-hybridized carbons (Fsp3) is 0.385. The summed E-state index contributed by atoms with van der Waals surface area (Å²) in [6.07, 6.45) is 2.22. The van der Waals surface area contributed by atoms with Gasteiger partial charge in [-0.15, -0.1) is 0 Å². The van der Waals surface area contributed by atoms with Gasteiger partial charge in [0, 0.05) is 54.4 Å². The average Bonchev–Trinajstić information content (AvgIpc) is 3.02. The Hall–Kier alpha value is -5.48. The molecule has 2 aromatic rings. The maximum atomic E-state index is 13.4. The van der Waals surface area contributed by atoms with Crippen LogP contribution < -0.4 is 20.9 Å². The fourth-order valence-corrected chi connectivity index (χ4v) is 7.32. The molecule has 2 aliphatic carbocycles. The summed E-state index contributed by atoms with van der Waals surface area (Å²) < 4.78 is 24.2. The van der Waals surface area contributed by atoms with Gasteiger partial charge in [-0.05, 0) is 23.0 Å². The van der Waals surface area contributed by atoms with Crippen LogP contribution in [0.3, 0.4) is 0 Å². The zero-order chi connectivity index (χ0) is 35.1. The maximum Gasteiger partial charge on any atom is 0.205 e. The Labute approximate surface area is 286 Å². The molecule has 0 bridgehead atoms. The van der Waals surface area contributed by atoms with E-state index in [-0.39, 0.29) is 58.5 Å². The van der Waals surface area contributed by atoms with Crippen LogP contribution in [0.2, 0.25) is 0 Å². The molecule has 49 heavy (non-hydrogen) atoms. The van der Waals surface area contributed by atoms with Crippen molar-refractivity contribution in [3.8, 4) is 23.6 Å². The highest BCUT2D eigenvalue weighted by Gasteiger charge is 2.45. The number of rotatable bonds is 8. The van der Waals surface area contributed by atoms with Crippen LogP contribution in [0.25, 0.3) is 0 Å². The third kappa shape index (κ3) is 6.39. The average molecular weight is 661 g/mol. The minimum absolute atomic E-state index is 0.000765. The number of para-hydroxylation sites is 2. The number of nitrogens with two attached hydrogens (primary N) is 2. The number of carbonyl (C=O) groups is 2. The zero-order valence-electron chi connectivity index (χ0n) is 28.2. The van der Waals surface area contributed by atoms with Crippen molar-refractivity contribution in [3.63, 3.8) is 0 Å². The number of hydrogen-bond acceptors (Lipinski definition) is 10. The second-order valence-corrected chi connectivity index (χ2v) is 14.5. The van der Waals surface area contributed by atoms with Crippen molar-refractivity contribution < 1.29 is 28.5 Å². The Morgan fingerprint density at radius 3 is 1.47 bits per heavy atom. The molecule has 252 valence electrons. The van der Waals surface area contributed by atoms with Crippen LogP contribution in [0.5, 0.6) is 11.5 Å². The first-order valence-electron chi connectivity index (χ1n) is 16.5. The van der Waals surface area contributed by atoms with Crippen molar-refractivity contribution in [3.05, 3.63) is 105 Å². The van der Waals surface area contributed by atoms with Gasteiger partial charge in [0.25, 0.3) is 0 Å². The number of allylic oxidation sites excluding steroid dienone is 6. The number of Topliss-reactive ketones (excluding diaryl/α,β-unsaturated/α-hetero) is 2. The Bertz CT molecular complexity index is 1810. The van der Waals surface area contributed by atoms with Gasteiger partial charge in [-0.2, -0.15) is 10.5 Å². The van der Waals surface area contributed by atoms with Gasteiger partial charge in [0.1, 0.15) is 46.3 Å². The second-order valence-electron chi connectivity index (χ2n) is 14.5. The SMILES string of the molecule is CC1(C)CC(=O)C2=C(C1)OC(N)=C(C#N)C2c1ccccc1OCCCOc1ccccc1C1C(C#N)=C(N)OC2=C1C(=O)CC(C)(C)C2. The summed E-state index contributed by atoms with van der Waals surface area (Å²) >= 11 is 0. The number of carbonyl (C=O) groups excluding carboxylic acids is 2. The van der Waals surface area contributed by atoms with Crippen molar-refractivity contribution >= 4 is 11.6 Å². The quantitative estimate of drug-likeness (QED) is 0.300. The highest BCUT2D eigenvalue weighted by Crippen LogP contribution is 2.51. The van der Waals surface area contributed by atoms with E-state index in [1.165, 1.54) is 0 Å². The normalized spacial score (nSPS) is 22.7. The molecule has 2 aromatic carbocycles. The predicted molar refractivity (Wildman–Crippen MR) is 180 cm³/mol. The van der Waals surface area contributed by atoms with Gasteiger partial charge in [-0.3, -0.25) is 9.59 Å². The lowest BCUT2D eigenvalue weighted by Crippen LogP contribution is -2.33. The van der Waals surface area contributed by atoms with Crippen LogP contribution in [-0.4, -0.2) is 24.8 Å². The first kappa shape index (κ1) is 33.4. The highest BCUT2D eigenvalue weighted by atomic mass is 16.5. The van der Waals surface area contributed by atoms with E-state index >= 15 is 0 Å². The number of ether oxygens (including phenoxy) is 4. The summed E-state index contributed by atoms with van der Waals surface area (Å²) in [6.45, 7) is 8.57. The van der Waals surface area contributed by atoms with E-state index in [9.17, 15) is 20.1 Å². The van der Waals surface area contributed by atoms with Crippen molar-refractivity contribution in [2.24, 2.45) is 22.3 Å². The zero-order valence-corrected chi connectivity index (χ0v) is 28.2. The molecule has 0 spiro atoms. The fourth-order valence-electron chi connectivity index (χ4n) is 7.32. The first-order valence-corrected chi connectivity index (χ1v) is 16.5. The number of nitrogens with zero attached hydrogens (tertiary/aromatic N) is 2. The monoisotopic (exact) mass is 660 g/mol. The smallest absolute Gasteiger partial charge is 0.205 e. The molecule has 2 heterocycles. The summed E-state index contributed by atoms with van der Waals surface area (Å²) in [4.78, 5) is 26.9. The summed E-state index contributed by atoms with van der Waals surface area (Å²) in [5.41, 5.74) is 14.5. The minimum atomic E-state index is -0.696. The lowest BCUT2D eigenvalue weighted by Gasteiger charge is -2.37.